The van der Waals surface area contributed by atoms with Gasteiger partial charge < -0.3 is 10.1 Å². The minimum atomic E-state index is -0.400. The summed E-state index contributed by atoms with van der Waals surface area (Å²) in [6, 6.07) is 13.0. The van der Waals surface area contributed by atoms with Gasteiger partial charge in [0.1, 0.15) is 11.4 Å². The van der Waals surface area contributed by atoms with Gasteiger partial charge in [-0.3, -0.25) is 9.69 Å². The third kappa shape index (κ3) is 3.55. The number of hydrogen-bond acceptors (Lipinski definition) is 3. The molecule has 3 rings (SSSR count). The lowest BCUT2D eigenvalue weighted by atomic mass is 10.1. The maximum Gasteiger partial charge on any atom is 0.329 e. The van der Waals surface area contributed by atoms with Crippen molar-refractivity contribution in [2.75, 3.05) is 7.11 Å². The van der Waals surface area contributed by atoms with Gasteiger partial charge >= 0.3 is 6.03 Å². The number of hydrogen-bond donors (Lipinski definition) is 1. The van der Waals surface area contributed by atoms with Gasteiger partial charge in [-0.15, -0.1) is 0 Å². The van der Waals surface area contributed by atoms with Crippen LogP contribution in [0.5, 0.6) is 5.75 Å². The maximum absolute atomic E-state index is 12.6. The molecule has 5 heteroatoms. The Labute approximate surface area is 146 Å². The Morgan fingerprint density at radius 3 is 2.60 bits per heavy atom. The first kappa shape index (κ1) is 16.8. The summed E-state index contributed by atoms with van der Waals surface area (Å²) in [5.74, 6) is 0.463. The summed E-state index contributed by atoms with van der Waals surface area (Å²) in [5, 5.41) is 2.65. The number of imide groups is 1. The summed E-state index contributed by atoms with van der Waals surface area (Å²) in [6.45, 7) is 4.16. The third-order valence-corrected chi connectivity index (χ3v) is 4.12. The molecule has 0 aliphatic carbocycles. The maximum atomic E-state index is 12.6. The smallest absolute Gasteiger partial charge is 0.329 e. The van der Waals surface area contributed by atoms with Gasteiger partial charge in [0, 0.05) is 0 Å². The van der Waals surface area contributed by atoms with Gasteiger partial charge in [-0.2, -0.15) is 0 Å². The predicted molar refractivity (Wildman–Crippen MR) is 96.0 cm³/mol. The van der Waals surface area contributed by atoms with Crippen molar-refractivity contribution < 1.29 is 14.3 Å². The van der Waals surface area contributed by atoms with Crippen LogP contribution in [0.15, 0.2) is 48.2 Å². The molecule has 1 heterocycles. The molecule has 0 unspecified atom stereocenters. The summed E-state index contributed by atoms with van der Waals surface area (Å²) < 4.78 is 5.24. The van der Waals surface area contributed by atoms with Crippen molar-refractivity contribution in [3.63, 3.8) is 0 Å². The molecule has 0 spiro atoms. The molecule has 0 bridgehead atoms. The lowest BCUT2D eigenvalue weighted by molar-refractivity contribution is -0.123. The number of amides is 3. The number of carbonyl (C=O) groups is 2. The molecule has 1 saturated heterocycles. The van der Waals surface area contributed by atoms with E-state index in [1.807, 2.05) is 56.3 Å². The largest absolute Gasteiger partial charge is 0.496 e. The van der Waals surface area contributed by atoms with Gasteiger partial charge in [0.05, 0.1) is 13.7 Å². The zero-order valence-electron chi connectivity index (χ0n) is 14.5. The molecule has 5 nitrogen and oxygen atoms in total. The van der Waals surface area contributed by atoms with Crippen LogP contribution in [0.25, 0.3) is 6.08 Å². The van der Waals surface area contributed by atoms with Gasteiger partial charge in [0.15, 0.2) is 0 Å². The van der Waals surface area contributed by atoms with Crippen molar-refractivity contribution in [1.82, 2.24) is 10.2 Å². The Bertz CT molecular complexity index is 871. The first-order valence-electron chi connectivity index (χ1n) is 8.02. The second kappa shape index (κ2) is 6.81. The van der Waals surface area contributed by atoms with Gasteiger partial charge in [-0.05, 0) is 48.7 Å². The molecule has 25 heavy (non-hydrogen) atoms. The van der Waals surface area contributed by atoms with Crippen LogP contribution in [0.2, 0.25) is 0 Å². The van der Waals surface area contributed by atoms with Crippen LogP contribution in [0.4, 0.5) is 4.79 Å². The highest BCUT2D eigenvalue weighted by Gasteiger charge is 2.33. The van der Waals surface area contributed by atoms with E-state index in [1.54, 1.807) is 13.2 Å². The summed E-state index contributed by atoms with van der Waals surface area (Å²) in [4.78, 5) is 26.0. The highest BCUT2D eigenvalue weighted by atomic mass is 16.5. The van der Waals surface area contributed by atoms with Crippen molar-refractivity contribution >= 4 is 18.0 Å². The van der Waals surface area contributed by atoms with Crippen LogP contribution in [-0.2, 0) is 11.3 Å². The van der Waals surface area contributed by atoms with E-state index >= 15 is 0 Å². The summed E-state index contributed by atoms with van der Waals surface area (Å²) in [5.41, 5.74) is 4.09. The van der Waals surface area contributed by atoms with E-state index in [-0.39, 0.29) is 18.1 Å². The molecule has 2 aromatic rings. The molecular weight excluding hydrogens is 316 g/mol. The van der Waals surface area contributed by atoms with Crippen LogP contribution >= 0.6 is 0 Å². The first-order chi connectivity index (χ1) is 12.0. The topological polar surface area (TPSA) is 58.6 Å². The Morgan fingerprint density at radius 1 is 1.12 bits per heavy atom. The number of nitrogens with one attached hydrogen (secondary N) is 1. The monoisotopic (exact) mass is 336 g/mol. The van der Waals surface area contributed by atoms with Crippen molar-refractivity contribution in [3.05, 3.63) is 70.4 Å². The van der Waals surface area contributed by atoms with Crippen LogP contribution in [0, 0.1) is 13.8 Å². The Morgan fingerprint density at radius 2 is 1.92 bits per heavy atom. The van der Waals surface area contributed by atoms with Gasteiger partial charge in [-0.25, -0.2) is 4.79 Å². The minimum Gasteiger partial charge on any atom is -0.496 e. The first-order valence-corrected chi connectivity index (χ1v) is 8.02. The van der Waals surface area contributed by atoms with Crippen molar-refractivity contribution in [2.24, 2.45) is 0 Å². The number of benzene rings is 2. The second-order valence-corrected chi connectivity index (χ2v) is 6.10. The predicted octanol–water partition coefficient (Wildman–Crippen LogP) is 3.40. The van der Waals surface area contributed by atoms with E-state index in [0.717, 1.165) is 28.0 Å². The van der Waals surface area contributed by atoms with Crippen LogP contribution in [0.1, 0.15) is 22.3 Å². The fraction of sp³-hybridized carbons (Fsp3) is 0.200. The summed E-state index contributed by atoms with van der Waals surface area (Å²) >= 11 is 0. The molecule has 1 aliphatic rings. The molecular formula is C20H20N2O3. The average molecular weight is 336 g/mol. The quantitative estimate of drug-likeness (QED) is 0.688. The molecule has 0 atom stereocenters. The highest BCUT2D eigenvalue weighted by Crippen LogP contribution is 2.22. The second-order valence-electron chi connectivity index (χ2n) is 6.10. The van der Waals surface area contributed by atoms with Gasteiger partial charge in [-0.1, -0.05) is 35.9 Å². The highest BCUT2D eigenvalue weighted by molar-refractivity contribution is 6.13. The minimum absolute atomic E-state index is 0.255. The third-order valence-electron chi connectivity index (χ3n) is 4.12. The van der Waals surface area contributed by atoms with E-state index in [0.29, 0.717) is 0 Å². The summed E-state index contributed by atoms with van der Waals surface area (Å²) in [7, 11) is 1.62. The fourth-order valence-electron chi connectivity index (χ4n) is 2.87. The zero-order valence-corrected chi connectivity index (χ0v) is 14.5. The Kier molecular flexibility index (Phi) is 4.57. The van der Waals surface area contributed by atoms with Crippen LogP contribution in [0.3, 0.4) is 0 Å². The number of ether oxygens (including phenoxy) is 1. The molecule has 3 amide bonds. The van der Waals surface area contributed by atoms with E-state index in [1.165, 1.54) is 4.90 Å². The Hall–Kier alpha value is -3.08. The van der Waals surface area contributed by atoms with E-state index < -0.39 is 6.03 Å². The molecule has 0 saturated carbocycles. The van der Waals surface area contributed by atoms with Crippen molar-refractivity contribution in [3.8, 4) is 5.75 Å². The normalized spacial score (nSPS) is 15.6. The van der Waals surface area contributed by atoms with Crippen molar-refractivity contribution in [1.29, 1.82) is 0 Å². The van der Waals surface area contributed by atoms with E-state index in [9.17, 15) is 9.59 Å². The number of urea groups is 1. The molecule has 0 radical (unpaired) electrons. The number of aryl methyl sites for hydroxylation is 2. The molecule has 2 aromatic carbocycles. The van der Waals surface area contributed by atoms with Crippen LogP contribution in [-0.4, -0.2) is 23.9 Å². The van der Waals surface area contributed by atoms with Crippen LogP contribution < -0.4 is 10.1 Å². The molecule has 1 aliphatic heterocycles. The van der Waals surface area contributed by atoms with Crippen molar-refractivity contribution in [2.45, 2.75) is 20.4 Å². The molecule has 1 N–H and O–H groups in total. The number of methoxy groups -OCH3 is 1. The lowest BCUT2D eigenvalue weighted by Crippen LogP contribution is -2.30. The Balaban J connectivity index is 1.82. The SMILES string of the molecule is COc1ccc(/C=C2/NC(=O)N(Cc3cccc(C)c3)C2=O)cc1C. The molecule has 1 fully saturated rings. The lowest BCUT2D eigenvalue weighted by Gasteiger charge is -2.12. The standard InChI is InChI=1S/C20H20N2O3/c1-13-5-4-6-16(9-13)12-22-19(23)17(21-20(22)24)11-15-7-8-18(25-3)14(2)10-15/h4-11H,12H2,1-3H3,(H,21,24)/b17-11+. The zero-order chi connectivity index (χ0) is 18.0. The number of carbonyl (C=O) groups excluding carboxylic acids is 2. The average Bonchev–Trinajstić information content (AvgIpc) is 2.83. The van der Waals surface area contributed by atoms with Gasteiger partial charge in [0.2, 0.25) is 0 Å². The molecule has 128 valence electrons. The molecule has 0 aromatic heterocycles. The summed E-state index contributed by atoms with van der Waals surface area (Å²) in [6.07, 6.45) is 1.68. The number of nitrogens with zero attached hydrogens (tertiary/aromatic N) is 1. The van der Waals surface area contributed by atoms with E-state index in [4.69, 9.17) is 4.74 Å². The van der Waals surface area contributed by atoms with Gasteiger partial charge in [0.25, 0.3) is 5.91 Å². The number of rotatable bonds is 4. The van der Waals surface area contributed by atoms with E-state index in [2.05, 4.69) is 5.32 Å². The fourth-order valence-corrected chi connectivity index (χ4v) is 2.87.